The zero-order valence-electron chi connectivity index (χ0n) is 16.6. The maximum absolute atomic E-state index is 12.8. The molecule has 29 heavy (non-hydrogen) atoms. The summed E-state index contributed by atoms with van der Waals surface area (Å²) in [5, 5.41) is 2.96. The number of nitrogens with two attached hydrogens (primary N) is 1. The number of rotatable bonds is 4. The minimum Gasteiger partial charge on any atom is -0.368 e. The summed E-state index contributed by atoms with van der Waals surface area (Å²) in [6.45, 7) is 5.43. The lowest BCUT2D eigenvalue weighted by atomic mass is 9.92. The lowest BCUT2D eigenvalue weighted by Gasteiger charge is -2.32. The Bertz CT molecular complexity index is 1020. The summed E-state index contributed by atoms with van der Waals surface area (Å²) < 4.78 is 0. The van der Waals surface area contributed by atoms with Crippen molar-refractivity contribution in [3.63, 3.8) is 0 Å². The van der Waals surface area contributed by atoms with Crippen LogP contribution in [0.3, 0.4) is 0 Å². The third-order valence-electron chi connectivity index (χ3n) is 5.17. The van der Waals surface area contributed by atoms with Crippen LogP contribution < -0.4 is 5.73 Å². The number of thiazole rings is 1. The summed E-state index contributed by atoms with van der Waals surface area (Å²) in [5.41, 5.74) is 10.4. The van der Waals surface area contributed by atoms with E-state index in [-0.39, 0.29) is 17.8 Å². The fraction of sp³-hybridized carbons (Fsp3) is 0.381. The highest BCUT2D eigenvalue weighted by atomic mass is 32.1. The van der Waals surface area contributed by atoms with Crippen LogP contribution in [0.1, 0.15) is 40.8 Å². The molecule has 0 aromatic carbocycles. The van der Waals surface area contributed by atoms with E-state index in [2.05, 4.69) is 21.0 Å². The summed E-state index contributed by atoms with van der Waals surface area (Å²) in [6, 6.07) is 4.11. The van der Waals surface area contributed by atoms with Crippen LogP contribution in [0.5, 0.6) is 0 Å². The number of nitrogens with zero attached hydrogens (tertiary/aromatic N) is 5. The first-order valence-electron chi connectivity index (χ1n) is 9.73. The molecular weight excluding hydrogens is 384 g/mol. The van der Waals surface area contributed by atoms with Crippen molar-refractivity contribution in [2.75, 3.05) is 18.8 Å². The van der Waals surface area contributed by atoms with Gasteiger partial charge in [0.2, 0.25) is 11.9 Å². The third-order valence-corrected chi connectivity index (χ3v) is 5.99. The molecule has 0 bridgehead atoms. The van der Waals surface area contributed by atoms with Gasteiger partial charge in [-0.1, -0.05) is 0 Å². The van der Waals surface area contributed by atoms with Crippen molar-refractivity contribution >= 4 is 23.2 Å². The fourth-order valence-corrected chi connectivity index (χ4v) is 4.37. The minimum absolute atomic E-state index is 0.139. The van der Waals surface area contributed by atoms with E-state index in [4.69, 9.17) is 10.7 Å². The van der Waals surface area contributed by atoms with Crippen LogP contribution in [-0.2, 0) is 11.2 Å². The molecule has 0 aliphatic carbocycles. The van der Waals surface area contributed by atoms with Crippen LogP contribution in [-0.4, -0.2) is 43.8 Å². The standard InChI is InChI=1S/C21H24N6OS/c1-13-6-16(17-9-23-21(22)24-10-17)7-19(25-13)15-4-3-5-27(11-15)20(28)8-18-12-29-14(2)26-18/h6-7,9-10,12,15H,3-5,8,11H2,1-2H3,(H2,22,23,24). The fourth-order valence-electron chi connectivity index (χ4n) is 3.76. The van der Waals surface area contributed by atoms with Gasteiger partial charge in [-0.2, -0.15) is 0 Å². The zero-order chi connectivity index (χ0) is 20.4. The summed E-state index contributed by atoms with van der Waals surface area (Å²) in [6.07, 6.45) is 5.82. The van der Waals surface area contributed by atoms with Crippen LogP contribution in [0, 0.1) is 13.8 Å². The summed E-state index contributed by atoms with van der Waals surface area (Å²) in [7, 11) is 0. The molecule has 1 saturated heterocycles. The number of likely N-dealkylation sites (tertiary alicyclic amines) is 1. The Morgan fingerprint density at radius 3 is 2.72 bits per heavy atom. The lowest BCUT2D eigenvalue weighted by Crippen LogP contribution is -2.40. The molecule has 1 aliphatic rings. The molecule has 4 rings (SSSR count). The molecule has 1 amide bonds. The van der Waals surface area contributed by atoms with E-state index in [1.165, 1.54) is 0 Å². The maximum atomic E-state index is 12.8. The second-order valence-electron chi connectivity index (χ2n) is 7.47. The topological polar surface area (TPSA) is 97.9 Å². The zero-order valence-corrected chi connectivity index (χ0v) is 17.4. The Morgan fingerprint density at radius 1 is 1.21 bits per heavy atom. The van der Waals surface area contributed by atoms with Gasteiger partial charge in [0.1, 0.15) is 0 Å². The quantitative estimate of drug-likeness (QED) is 0.712. The van der Waals surface area contributed by atoms with Crippen LogP contribution in [0.2, 0.25) is 0 Å². The molecule has 1 unspecified atom stereocenters. The molecule has 7 nitrogen and oxygen atoms in total. The number of nitrogen functional groups attached to an aromatic ring is 1. The van der Waals surface area contributed by atoms with Gasteiger partial charge >= 0.3 is 0 Å². The van der Waals surface area contributed by atoms with Crippen molar-refractivity contribution < 1.29 is 4.79 Å². The van der Waals surface area contributed by atoms with Crippen LogP contribution in [0.25, 0.3) is 11.1 Å². The van der Waals surface area contributed by atoms with Gasteiger partial charge < -0.3 is 10.6 Å². The average molecular weight is 409 g/mol. The molecule has 0 spiro atoms. The molecule has 4 heterocycles. The van der Waals surface area contributed by atoms with Crippen LogP contribution in [0.15, 0.2) is 29.9 Å². The molecular formula is C21H24N6OS. The van der Waals surface area contributed by atoms with Gasteiger partial charge in [0, 0.05) is 53.7 Å². The maximum Gasteiger partial charge on any atom is 0.228 e. The van der Waals surface area contributed by atoms with E-state index < -0.39 is 0 Å². The van der Waals surface area contributed by atoms with E-state index in [0.717, 1.165) is 52.6 Å². The Balaban J connectivity index is 1.51. The Kier molecular flexibility index (Phi) is 5.53. The highest BCUT2D eigenvalue weighted by Gasteiger charge is 2.26. The number of aryl methyl sites for hydroxylation is 2. The van der Waals surface area contributed by atoms with E-state index in [1.54, 1.807) is 23.7 Å². The van der Waals surface area contributed by atoms with Crippen LogP contribution >= 0.6 is 11.3 Å². The van der Waals surface area contributed by atoms with Gasteiger partial charge in [-0.05, 0) is 44.4 Å². The molecule has 1 aliphatic heterocycles. The molecule has 1 atom stereocenters. The second-order valence-corrected chi connectivity index (χ2v) is 8.53. The van der Waals surface area contributed by atoms with Gasteiger partial charge in [-0.3, -0.25) is 9.78 Å². The van der Waals surface area contributed by atoms with Gasteiger partial charge in [-0.15, -0.1) is 11.3 Å². The van der Waals surface area contributed by atoms with E-state index in [0.29, 0.717) is 13.0 Å². The Morgan fingerprint density at radius 2 is 2.00 bits per heavy atom. The first kappa shape index (κ1) is 19.4. The van der Waals surface area contributed by atoms with Gasteiger partial charge in [-0.25, -0.2) is 15.0 Å². The Labute approximate surface area is 174 Å². The number of hydrogen-bond acceptors (Lipinski definition) is 7. The van der Waals surface area contributed by atoms with Crippen LogP contribution in [0.4, 0.5) is 5.95 Å². The lowest BCUT2D eigenvalue weighted by molar-refractivity contribution is -0.131. The van der Waals surface area contributed by atoms with Gasteiger partial charge in [0.15, 0.2) is 0 Å². The molecule has 0 saturated carbocycles. The number of amides is 1. The molecule has 150 valence electrons. The third kappa shape index (κ3) is 4.59. The number of hydrogen-bond donors (Lipinski definition) is 1. The average Bonchev–Trinajstić information content (AvgIpc) is 3.12. The Hall–Kier alpha value is -2.87. The largest absolute Gasteiger partial charge is 0.368 e. The number of aromatic nitrogens is 4. The normalized spacial score (nSPS) is 16.8. The van der Waals surface area contributed by atoms with Gasteiger partial charge in [0.25, 0.3) is 0 Å². The van der Waals surface area contributed by atoms with Crippen molar-refractivity contribution in [2.24, 2.45) is 0 Å². The summed E-state index contributed by atoms with van der Waals surface area (Å²) in [4.78, 5) is 32.1. The monoisotopic (exact) mass is 408 g/mol. The summed E-state index contributed by atoms with van der Waals surface area (Å²) >= 11 is 1.58. The number of carbonyl (C=O) groups is 1. The molecule has 3 aromatic rings. The van der Waals surface area contributed by atoms with E-state index in [9.17, 15) is 4.79 Å². The number of piperidine rings is 1. The van der Waals surface area contributed by atoms with Crippen molar-refractivity contribution in [3.8, 4) is 11.1 Å². The molecule has 2 N–H and O–H groups in total. The van der Waals surface area contributed by atoms with Gasteiger partial charge in [0.05, 0.1) is 17.1 Å². The molecule has 0 radical (unpaired) electrons. The van der Waals surface area contributed by atoms with E-state index in [1.807, 2.05) is 30.2 Å². The molecule has 8 heteroatoms. The number of pyridine rings is 1. The highest BCUT2D eigenvalue weighted by Crippen LogP contribution is 2.29. The smallest absolute Gasteiger partial charge is 0.228 e. The number of carbonyl (C=O) groups excluding carboxylic acids is 1. The van der Waals surface area contributed by atoms with Crippen molar-refractivity contribution in [1.82, 2.24) is 24.8 Å². The second kappa shape index (κ2) is 8.24. The number of anilines is 1. The highest BCUT2D eigenvalue weighted by molar-refractivity contribution is 7.09. The van der Waals surface area contributed by atoms with E-state index >= 15 is 0 Å². The minimum atomic E-state index is 0.139. The van der Waals surface area contributed by atoms with Crippen molar-refractivity contribution in [2.45, 2.75) is 39.0 Å². The van der Waals surface area contributed by atoms with Crippen molar-refractivity contribution in [1.29, 1.82) is 0 Å². The first-order valence-corrected chi connectivity index (χ1v) is 10.6. The first-order chi connectivity index (χ1) is 14.0. The molecule has 3 aromatic heterocycles. The SMILES string of the molecule is Cc1cc(-c2cnc(N)nc2)cc(C2CCCN(C(=O)Cc3csc(C)n3)C2)n1. The predicted octanol–water partition coefficient (Wildman–Crippen LogP) is 3.14. The van der Waals surface area contributed by atoms with Crippen molar-refractivity contribution in [3.05, 3.63) is 52.0 Å². The summed E-state index contributed by atoms with van der Waals surface area (Å²) in [5.74, 6) is 0.620. The predicted molar refractivity (Wildman–Crippen MR) is 114 cm³/mol. The molecule has 1 fully saturated rings.